The molecule has 0 aromatic heterocycles. The van der Waals surface area contributed by atoms with Gasteiger partial charge in [0, 0.05) is 12.1 Å². The Hall–Kier alpha value is -1.36. The number of nitro groups is 1. The van der Waals surface area contributed by atoms with E-state index in [1.807, 2.05) is 0 Å². The van der Waals surface area contributed by atoms with Crippen molar-refractivity contribution >= 4 is 34.0 Å². The molecule has 1 aromatic carbocycles. The monoisotopic (exact) mass is 348 g/mol. The highest BCUT2D eigenvalue weighted by atomic mass is 127. The molecule has 0 unspecified atom stereocenters. The lowest BCUT2D eigenvalue weighted by molar-refractivity contribution is -0.384. The summed E-state index contributed by atoms with van der Waals surface area (Å²) in [6.45, 7) is 3.35. The van der Waals surface area contributed by atoms with Crippen LogP contribution >= 0.6 is 22.6 Å². The van der Waals surface area contributed by atoms with Gasteiger partial charge in [0.15, 0.2) is 0 Å². The molecule has 90 valence electrons. The Bertz CT molecular complexity index is 509. The van der Waals surface area contributed by atoms with E-state index in [0.717, 1.165) is 6.07 Å². The van der Waals surface area contributed by atoms with Gasteiger partial charge in [0.25, 0.3) is 5.69 Å². The van der Waals surface area contributed by atoms with Crippen LogP contribution in [0.2, 0.25) is 0 Å². The van der Waals surface area contributed by atoms with Gasteiger partial charge in [-0.15, -0.1) is 6.42 Å². The molecule has 0 heterocycles. The lowest BCUT2D eigenvalue weighted by Gasteiger charge is -2.21. The van der Waals surface area contributed by atoms with Gasteiger partial charge in [-0.05, 0) is 36.4 Å². The molecule has 6 heteroatoms. The molecule has 1 aromatic rings. The molecule has 0 spiro atoms. The fourth-order valence-electron chi connectivity index (χ4n) is 1.16. The minimum absolute atomic E-state index is 0.0795. The number of nitrogens with zero attached hydrogens (tertiary/aromatic N) is 1. The third-order valence-corrected chi connectivity index (χ3v) is 2.87. The van der Waals surface area contributed by atoms with E-state index in [9.17, 15) is 14.5 Å². The standard InChI is InChI=1S/C11H10FIN2O2/c1-4-11(2,3)14-9-5-7(12)8(13)6-10(9)15(16)17/h1,5-6,14H,2-3H3. The van der Waals surface area contributed by atoms with Crippen molar-refractivity contribution in [3.8, 4) is 12.3 Å². The molecule has 0 aliphatic heterocycles. The number of nitrogens with one attached hydrogen (secondary N) is 1. The van der Waals surface area contributed by atoms with Crippen LogP contribution in [0.4, 0.5) is 15.8 Å². The fraction of sp³-hybridized carbons (Fsp3) is 0.273. The Balaban J connectivity index is 3.28. The number of terminal acetylenes is 1. The van der Waals surface area contributed by atoms with Gasteiger partial charge in [-0.3, -0.25) is 10.1 Å². The van der Waals surface area contributed by atoms with Crippen molar-refractivity contribution in [3.05, 3.63) is 31.6 Å². The maximum absolute atomic E-state index is 13.4. The van der Waals surface area contributed by atoms with Gasteiger partial charge in [-0.1, -0.05) is 5.92 Å². The van der Waals surface area contributed by atoms with Gasteiger partial charge >= 0.3 is 0 Å². The summed E-state index contributed by atoms with van der Waals surface area (Å²) in [5.74, 6) is 1.91. The second-order valence-corrected chi connectivity index (χ2v) is 5.10. The van der Waals surface area contributed by atoms with E-state index in [-0.39, 0.29) is 14.9 Å². The number of hydrogen-bond donors (Lipinski definition) is 1. The Kier molecular flexibility index (Phi) is 3.93. The molecule has 4 nitrogen and oxygen atoms in total. The summed E-state index contributed by atoms with van der Waals surface area (Å²) in [6.07, 6.45) is 5.27. The molecule has 17 heavy (non-hydrogen) atoms. The van der Waals surface area contributed by atoms with Gasteiger partial charge in [-0.2, -0.15) is 0 Å². The normalized spacial score (nSPS) is 10.8. The first-order valence-electron chi connectivity index (χ1n) is 4.66. The first-order valence-corrected chi connectivity index (χ1v) is 5.74. The van der Waals surface area contributed by atoms with Crippen molar-refractivity contribution in [1.29, 1.82) is 0 Å². The van der Waals surface area contributed by atoms with Crippen molar-refractivity contribution in [1.82, 2.24) is 0 Å². The molecular formula is C11H10FIN2O2. The van der Waals surface area contributed by atoms with Gasteiger partial charge in [0.2, 0.25) is 0 Å². The zero-order valence-electron chi connectivity index (χ0n) is 9.25. The van der Waals surface area contributed by atoms with Gasteiger partial charge in [-0.25, -0.2) is 4.39 Å². The number of nitro benzene ring substituents is 1. The smallest absolute Gasteiger partial charge is 0.293 e. The topological polar surface area (TPSA) is 55.2 Å². The summed E-state index contributed by atoms with van der Waals surface area (Å²) in [4.78, 5) is 10.3. The molecule has 0 saturated carbocycles. The van der Waals surface area contributed by atoms with E-state index >= 15 is 0 Å². The Morgan fingerprint density at radius 1 is 1.59 bits per heavy atom. The minimum Gasteiger partial charge on any atom is -0.364 e. The first kappa shape index (κ1) is 13.7. The van der Waals surface area contributed by atoms with Crippen LogP contribution in [0.1, 0.15) is 13.8 Å². The van der Waals surface area contributed by atoms with Crippen LogP contribution in [0.3, 0.4) is 0 Å². The molecule has 0 saturated heterocycles. The van der Waals surface area contributed by atoms with E-state index in [1.165, 1.54) is 6.07 Å². The van der Waals surface area contributed by atoms with Gasteiger partial charge in [0.05, 0.1) is 14.0 Å². The lowest BCUT2D eigenvalue weighted by Crippen LogP contribution is -2.28. The van der Waals surface area contributed by atoms with Gasteiger partial charge < -0.3 is 5.32 Å². The van der Waals surface area contributed by atoms with Crippen LogP contribution in [-0.4, -0.2) is 10.5 Å². The summed E-state index contributed by atoms with van der Waals surface area (Å²) < 4.78 is 13.6. The highest BCUT2D eigenvalue weighted by molar-refractivity contribution is 14.1. The summed E-state index contributed by atoms with van der Waals surface area (Å²) in [6, 6.07) is 2.25. The Labute approximate surface area is 112 Å². The number of halogens is 2. The quantitative estimate of drug-likeness (QED) is 0.395. The molecule has 0 aliphatic carbocycles. The van der Waals surface area contributed by atoms with Crippen molar-refractivity contribution in [3.63, 3.8) is 0 Å². The number of rotatable bonds is 3. The summed E-state index contributed by atoms with van der Waals surface area (Å²) in [5.41, 5.74) is -0.903. The highest BCUT2D eigenvalue weighted by Crippen LogP contribution is 2.30. The zero-order chi connectivity index (χ0) is 13.2. The minimum atomic E-state index is -0.788. The molecule has 0 atom stereocenters. The predicted octanol–water partition coefficient (Wildman–Crippen LogP) is 3.16. The van der Waals surface area contributed by atoms with Crippen LogP contribution in [0.25, 0.3) is 0 Å². The van der Waals surface area contributed by atoms with E-state index in [0.29, 0.717) is 0 Å². The molecule has 0 aliphatic rings. The van der Waals surface area contributed by atoms with E-state index in [2.05, 4.69) is 11.2 Å². The van der Waals surface area contributed by atoms with E-state index < -0.39 is 16.3 Å². The van der Waals surface area contributed by atoms with E-state index in [4.69, 9.17) is 6.42 Å². The lowest BCUT2D eigenvalue weighted by atomic mass is 10.1. The van der Waals surface area contributed by atoms with Crippen molar-refractivity contribution in [2.24, 2.45) is 0 Å². The Morgan fingerprint density at radius 3 is 2.65 bits per heavy atom. The molecule has 1 N–H and O–H groups in total. The largest absolute Gasteiger partial charge is 0.364 e. The second kappa shape index (κ2) is 4.87. The molecule has 0 bridgehead atoms. The fourth-order valence-corrected chi connectivity index (χ4v) is 1.61. The number of anilines is 1. The number of hydrogen-bond acceptors (Lipinski definition) is 3. The van der Waals surface area contributed by atoms with Gasteiger partial charge in [0.1, 0.15) is 11.5 Å². The predicted molar refractivity (Wildman–Crippen MR) is 72.3 cm³/mol. The maximum Gasteiger partial charge on any atom is 0.293 e. The SMILES string of the molecule is C#CC(C)(C)Nc1cc(F)c(I)cc1[N+](=O)[O-]. The maximum atomic E-state index is 13.4. The number of benzene rings is 1. The van der Waals surface area contributed by atoms with Crippen LogP contribution in [0, 0.1) is 31.8 Å². The molecule has 0 radical (unpaired) electrons. The van der Waals surface area contributed by atoms with Crippen LogP contribution in [0.15, 0.2) is 12.1 Å². The average Bonchev–Trinajstić information content (AvgIpc) is 2.22. The Morgan fingerprint density at radius 2 is 2.18 bits per heavy atom. The van der Waals surface area contributed by atoms with Crippen LogP contribution in [-0.2, 0) is 0 Å². The van der Waals surface area contributed by atoms with Crippen molar-refractivity contribution in [2.75, 3.05) is 5.32 Å². The van der Waals surface area contributed by atoms with Crippen LogP contribution in [0.5, 0.6) is 0 Å². The van der Waals surface area contributed by atoms with Crippen molar-refractivity contribution < 1.29 is 9.31 Å². The van der Waals surface area contributed by atoms with Crippen molar-refractivity contribution in [2.45, 2.75) is 19.4 Å². The summed E-state index contributed by atoms with van der Waals surface area (Å²) in [5, 5.41) is 13.6. The third kappa shape index (κ3) is 3.30. The first-order chi connectivity index (χ1) is 7.76. The van der Waals surface area contributed by atoms with Crippen LogP contribution < -0.4 is 5.32 Å². The molecule has 1 rings (SSSR count). The van der Waals surface area contributed by atoms with E-state index in [1.54, 1.807) is 36.4 Å². The molecular weight excluding hydrogens is 338 g/mol. The zero-order valence-corrected chi connectivity index (χ0v) is 11.4. The average molecular weight is 348 g/mol. The second-order valence-electron chi connectivity index (χ2n) is 3.93. The third-order valence-electron chi connectivity index (χ3n) is 2.04. The molecule has 0 fully saturated rings. The highest BCUT2D eigenvalue weighted by Gasteiger charge is 2.22. The summed E-state index contributed by atoms with van der Waals surface area (Å²) in [7, 11) is 0. The summed E-state index contributed by atoms with van der Waals surface area (Å²) >= 11 is 1.70. The molecule has 0 amide bonds.